The average Bonchev–Trinajstić information content (AvgIpc) is 2.37. The quantitative estimate of drug-likeness (QED) is 0.779. The third-order valence-corrected chi connectivity index (χ3v) is 3.51. The number of nitrogens with two attached hydrogens (primary N) is 1. The number of hydrogen-bond acceptors (Lipinski definition) is 2. The highest BCUT2D eigenvalue weighted by Crippen LogP contribution is 2.23. The Hall–Kier alpha value is -1.50. The van der Waals surface area contributed by atoms with Crippen LogP contribution in [0.2, 0.25) is 5.02 Å². The Kier molecular flexibility index (Phi) is 4.92. The maximum atomic E-state index is 13.7. The molecule has 0 heterocycles. The minimum atomic E-state index is -0.590. The number of carbonyl (C=O) groups excluding carboxylic acids is 1. The van der Waals surface area contributed by atoms with Gasteiger partial charge >= 0.3 is 0 Å². The van der Waals surface area contributed by atoms with Crippen LogP contribution in [0, 0.1) is 5.82 Å². The lowest BCUT2D eigenvalue weighted by molar-refractivity contribution is 0.102. The summed E-state index contributed by atoms with van der Waals surface area (Å²) in [6.45, 7) is 0. The molecule has 7 heteroatoms. The first kappa shape index (κ1) is 15.9. The molecule has 108 valence electrons. The SMILES string of the molecule is NC(=S)c1c(F)cccc1NC(=O)c1cc(Cl)cc(Br)c1. The van der Waals surface area contributed by atoms with Gasteiger partial charge in [-0.2, -0.15) is 0 Å². The Bertz CT molecular complexity index is 719. The predicted octanol–water partition coefficient (Wildman–Crippen LogP) is 4.13. The van der Waals surface area contributed by atoms with Gasteiger partial charge in [-0.05, 0) is 30.3 Å². The van der Waals surface area contributed by atoms with Gasteiger partial charge in [-0.3, -0.25) is 4.79 Å². The van der Waals surface area contributed by atoms with Gasteiger partial charge in [0.2, 0.25) is 0 Å². The zero-order chi connectivity index (χ0) is 15.6. The molecule has 2 aromatic carbocycles. The van der Waals surface area contributed by atoms with Crippen LogP contribution >= 0.6 is 39.7 Å². The predicted molar refractivity (Wildman–Crippen MR) is 89.4 cm³/mol. The van der Waals surface area contributed by atoms with Gasteiger partial charge in [0, 0.05) is 15.1 Å². The summed E-state index contributed by atoms with van der Waals surface area (Å²) in [5.41, 5.74) is 6.03. The van der Waals surface area contributed by atoms with E-state index in [4.69, 9.17) is 29.6 Å². The summed E-state index contributed by atoms with van der Waals surface area (Å²) in [5.74, 6) is -1.03. The van der Waals surface area contributed by atoms with Crippen molar-refractivity contribution in [1.29, 1.82) is 0 Å². The second kappa shape index (κ2) is 6.51. The molecule has 0 aliphatic carbocycles. The summed E-state index contributed by atoms with van der Waals surface area (Å²) in [7, 11) is 0. The standard InChI is InChI=1S/C14H9BrClFN2OS/c15-8-4-7(5-9(16)6-8)14(20)19-11-3-1-2-10(17)12(11)13(18)21/h1-6H,(H2,18,21)(H,19,20). The van der Waals surface area contributed by atoms with E-state index >= 15 is 0 Å². The molecule has 0 saturated heterocycles. The summed E-state index contributed by atoms with van der Waals surface area (Å²) in [4.78, 5) is 12.1. The molecule has 0 saturated carbocycles. The van der Waals surface area contributed by atoms with Gasteiger partial charge in [-0.25, -0.2) is 4.39 Å². The van der Waals surface area contributed by atoms with E-state index in [9.17, 15) is 9.18 Å². The highest BCUT2D eigenvalue weighted by molar-refractivity contribution is 9.10. The summed E-state index contributed by atoms with van der Waals surface area (Å²) < 4.78 is 14.4. The van der Waals surface area contributed by atoms with Crippen molar-refractivity contribution >= 4 is 56.3 Å². The van der Waals surface area contributed by atoms with Crippen LogP contribution in [0.15, 0.2) is 40.9 Å². The summed E-state index contributed by atoms with van der Waals surface area (Å²) in [6.07, 6.45) is 0. The van der Waals surface area contributed by atoms with E-state index in [1.807, 2.05) is 0 Å². The second-order valence-electron chi connectivity index (χ2n) is 4.14. The molecule has 3 nitrogen and oxygen atoms in total. The highest BCUT2D eigenvalue weighted by atomic mass is 79.9. The Morgan fingerprint density at radius 1 is 1.33 bits per heavy atom. The monoisotopic (exact) mass is 386 g/mol. The van der Waals surface area contributed by atoms with Gasteiger partial charge in [0.25, 0.3) is 5.91 Å². The van der Waals surface area contributed by atoms with Crippen molar-refractivity contribution in [2.24, 2.45) is 5.73 Å². The van der Waals surface area contributed by atoms with Crippen molar-refractivity contribution in [2.45, 2.75) is 0 Å². The fourth-order valence-corrected chi connectivity index (χ4v) is 2.83. The highest BCUT2D eigenvalue weighted by Gasteiger charge is 2.15. The molecule has 0 spiro atoms. The normalized spacial score (nSPS) is 10.2. The molecule has 1 amide bonds. The third kappa shape index (κ3) is 3.78. The molecule has 0 unspecified atom stereocenters. The molecule has 0 radical (unpaired) electrons. The molecule has 2 rings (SSSR count). The second-order valence-corrected chi connectivity index (χ2v) is 5.93. The number of nitrogens with one attached hydrogen (secondary N) is 1. The van der Waals surface area contributed by atoms with E-state index in [1.165, 1.54) is 24.3 Å². The van der Waals surface area contributed by atoms with E-state index in [0.29, 0.717) is 15.1 Å². The first-order chi connectivity index (χ1) is 9.88. The Balaban J connectivity index is 2.36. The molecule has 0 atom stereocenters. The summed E-state index contributed by atoms with van der Waals surface area (Å²) in [6, 6.07) is 8.96. The van der Waals surface area contributed by atoms with Crippen molar-refractivity contribution in [3.8, 4) is 0 Å². The number of amides is 1. The first-order valence-electron chi connectivity index (χ1n) is 5.74. The number of halogens is 3. The number of carbonyl (C=O) groups is 1. The molecular formula is C14H9BrClFN2OS. The van der Waals surface area contributed by atoms with Crippen LogP contribution in [-0.2, 0) is 0 Å². The molecule has 2 aromatic rings. The molecule has 0 aliphatic heterocycles. The van der Waals surface area contributed by atoms with Crippen molar-refractivity contribution in [3.05, 3.63) is 62.8 Å². The van der Waals surface area contributed by atoms with Crippen molar-refractivity contribution in [3.63, 3.8) is 0 Å². The molecule has 0 bridgehead atoms. The smallest absolute Gasteiger partial charge is 0.255 e. The lowest BCUT2D eigenvalue weighted by atomic mass is 10.1. The van der Waals surface area contributed by atoms with Crippen molar-refractivity contribution < 1.29 is 9.18 Å². The molecule has 0 aromatic heterocycles. The minimum Gasteiger partial charge on any atom is -0.389 e. The van der Waals surface area contributed by atoms with E-state index in [-0.39, 0.29) is 16.2 Å². The number of benzene rings is 2. The zero-order valence-electron chi connectivity index (χ0n) is 10.5. The van der Waals surface area contributed by atoms with Crippen LogP contribution in [0.5, 0.6) is 0 Å². The van der Waals surface area contributed by atoms with Gasteiger partial charge in [-0.15, -0.1) is 0 Å². The molecule has 0 aliphatic rings. The van der Waals surface area contributed by atoms with Crippen LogP contribution in [0.1, 0.15) is 15.9 Å². The number of hydrogen-bond donors (Lipinski definition) is 2. The van der Waals surface area contributed by atoms with E-state index in [1.54, 1.807) is 12.1 Å². The number of rotatable bonds is 3. The maximum absolute atomic E-state index is 13.7. The topological polar surface area (TPSA) is 55.1 Å². The van der Waals surface area contributed by atoms with E-state index < -0.39 is 11.7 Å². The Morgan fingerprint density at radius 3 is 2.67 bits per heavy atom. The van der Waals surface area contributed by atoms with Gasteiger partial charge < -0.3 is 11.1 Å². The van der Waals surface area contributed by atoms with Crippen molar-refractivity contribution in [2.75, 3.05) is 5.32 Å². The number of thiocarbonyl (C=S) groups is 1. The van der Waals surface area contributed by atoms with Crippen LogP contribution in [-0.4, -0.2) is 10.9 Å². The zero-order valence-corrected chi connectivity index (χ0v) is 13.7. The Morgan fingerprint density at radius 2 is 2.05 bits per heavy atom. The van der Waals surface area contributed by atoms with Gasteiger partial charge in [0.15, 0.2) is 0 Å². The number of anilines is 1. The van der Waals surface area contributed by atoms with Gasteiger partial charge in [-0.1, -0.05) is 45.8 Å². The van der Waals surface area contributed by atoms with Gasteiger partial charge in [0.05, 0.1) is 11.3 Å². The summed E-state index contributed by atoms with van der Waals surface area (Å²) in [5, 5.41) is 2.98. The van der Waals surface area contributed by atoms with Crippen LogP contribution in [0.25, 0.3) is 0 Å². The van der Waals surface area contributed by atoms with Crippen molar-refractivity contribution in [1.82, 2.24) is 0 Å². The van der Waals surface area contributed by atoms with Crippen LogP contribution in [0.4, 0.5) is 10.1 Å². The lowest BCUT2D eigenvalue weighted by Crippen LogP contribution is -2.19. The van der Waals surface area contributed by atoms with Crippen LogP contribution in [0.3, 0.4) is 0 Å². The first-order valence-corrected chi connectivity index (χ1v) is 7.32. The van der Waals surface area contributed by atoms with E-state index in [2.05, 4.69) is 21.2 Å². The Labute approximate surface area is 139 Å². The average molecular weight is 388 g/mol. The fourth-order valence-electron chi connectivity index (χ4n) is 1.76. The summed E-state index contributed by atoms with van der Waals surface area (Å²) >= 11 is 14.0. The third-order valence-electron chi connectivity index (χ3n) is 2.63. The molecule has 21 heavy (non-hydrogen) atoms. The minimum absolute atomic E-state index is 0.00180. The molecular weight excluding hydrogens is 379 g/mol. The van der Waals surface area contributed by atoms with Crippen LogP contribution < -0.4 is 11.1 Å². The fraction of sp³-hybridized carbons (Fsp3) is 0. The molecule has 3 N–H and O–H groups in total. The lowest BCUT2D eigenvalue weighted by Gasteiger charge is -2.11. The largest absolute Gasteiger partial charge is 0.389 e. The molecule has 0 fully saturated rings. The maximum Gasteiger partial charge on any atom is 0.255 e. The van der Waals surface area contributed by atoms with E-state index in [0.717, 1.165) is 0 Å². The van der Waals surface area contributed by atoms with Gasteiger partial charge in [0.1, 0.15) is 10.8 Å².